The van der Waals surface area contributed by atoms with Gasteiger partial charge in [0.25, 0.3) is 0 Å². The first-order valence-electron chi connectivity index (χ1n) is 14.1. The summed E-state index contributed by atoms with van der Waals surface area (Å²) < 4.78 is 3.62. The van der Waals surface area contributed by atoms with Crippen molar-refractivity contribution in [1.29, 1.82) is 0 Å². The van der Waals surface area contributed by atoms with Gasteiger partial charge in [-0.05, 0) is 82.5 Å². The summed E-state index contributed by atoms with van der Waals surface area (Å²) in [5.74, 6) is 0. The molecule has 3 aromatic rings. The maximum atomic E-state index is 12.4. The number of hydrogen-bond acceptors (Lipinski definition) is 5. The molecule has 0 bridgehead atoms. The van der Waals surface area contributed by atoms with Crippen molar-refractivity contribution in [1.82, 2.24) is 13.5 Å². The molecule has 1 aliphatic carbocycles. The Kier molecular flexibility index (Phi) is 9.79. The predicted octanol–water partition coefficient (Wildman–Crippen LogP) is 6.48. The largest absolute Gasteiger partial charge is 0.384 e. The number of aryl methyl sites for hydroxylation is 1. The number of unbranched alkanes of at least 4 members (excludes halogenated alkanes) is 6. The Morgan fingerprint density at radius 2 is 1.75 bits per heavy atom. The summed E-state index contributed by atoms with van der Waals surface area (Å²) in [6.07, 6.45) is 13.5. The van der Waals surface area contributed by atoms with Gasteiger partial charge in [0.2, 0.25) is 4.80 Å². The maximum Gasteiger partial charge on any atom is 0.340 e. The number of rotatable bonds is 13. The quantitative estimate of drug-likeness (QED) is 0.268. The minimum Gasteiger partial charge on any atom is -0.384 e. The van der Waals surface area contributed by atoms with Gasteiger partial charge in [0, 0.05) is 42.4 Å². The summed E-state index contributed by atoms with van der Waals surface area (Å²) in [4.78, 5) is 23.0. The number of fused-ring (bicyclic) bond motifs is 2. The van der Waals surface area contributed by atoms with Gasteiger partial charge in [-0.3, -0.25) is 14.5 Å². The van der Waals surface area contributed by atoms with Crippen LogP contribution in [0.1, 0.15) is 95.9 Å². The summed E-state index contributed by atoms with van der Waals surface area (Å²) in [7, 11) is 0. The first-order chi connectivity index (χ1) is 17.6. The minimum absolute atomic E-state index is 0.0720. The van der Waals surface area contributed by atoms with Crippen LogP contribution in [0.15, 0.2) is 34.1 Å². The number of pyridine rings is 1. The fraction of sp³-hybridized carbons (Fsp3) is 0.621. The molecule has 0 aliphatic heterocycles. The standard InChI is InChI=1S/C29H43N5OS/c1-4-33-28(36-34(22(2)3)29(33)35)31-21-15-9-7-5-6-8-14-20-30-27-23-16-10-12-18-25(23)32-26-19-13-11-17-24(26)27/h10,12,16,18,22H,4-9,11,13-15,17,19-21H2,1-3H3,(H,30,32). The Labute approximate surface area is 219 Å². The van der Waals surface area contributed by atoms with Gasteiger partial charge >= 0.3 is 5.69 Å². The van der Waals surface area contributed by atoms with Crippen molar-refractivity contribution in [2.24, 2.45) is 4.99 Å². The highest BCUT2D eigenvalue weighted by Crippen LogP contribution is 2.33. The lowest BCUT2D eigenvalue weighted by molar-refractivity contribution is 0.573. The van der Waals surface area contributed by atoms with E-state index >= 15 is 0 Å². The zero-order chi connectivity index (χ0) is 25.3. The van der Waals surface area contributed by atoms with E-state index in [1.807, 2.05) is 24.7 Å². The van der Waals surface area contributed by atoms with E-state index in [4.69, 9.17) is 9.98 Å². The lowest BCUT2D eigenvalue weighted by atomic mass is 9.92. The molecule has 2 aromatic heterocycles. The zero-order valence-corrected chi connectivity index (χ0v) is 23.2. The summed E-state index contributed by atoms with van der Waals surface area (Å²) in [6.45, 7) is 8.64. The SMILES string of the molecule is CCn1c(=NCCCCCCCCCNc2c3c(nc4ccccc24)CCCC3)sn(C(C)C)c1=O. The van der Waals surface area contributed by atoms with E-state index in [1.54, 1.807) is 4.57 Å². The summed E-state index contributed by atoms with van der Waals surface area (Å²) >= 11 is 1.50. The van der Waals surface area contributed by atoms with Gasteiger partial charge in [0.05, 0.1) is 5.52 Å². The van der Waals surface area contributed by atoms with Crippen LogP contribution in [0, 0.1) is 0 Å². The number of anilines is 1. The highest BCUT2D eigenvalue weighted by atomic mass is 32.1. The van der Waals surface area contributed by atoms with Gasteiger partial charge in [-0.2, -0.15) is 0 Å². The van der Waals surface area contributed by atoms with E-state index in [-0.39, 0.29) is 11.7 Å². The highest BCUT2D eigenvalue weighted by Gasteiger charge is 2.17. The van der Waals surface area contributed by atoms with Crippen LogP contribution in [0.3, 0.4) is 0 Å². The van der Waals surface area contributed by atoms with Crippen molar-refractivity contribution in [3.63, 3.8) is 0 Å². The molecular formula is C29H43N5OS. The van der Waals surface area contributed by atoms with Crippen LogP contribution in [-0.2, 0) is 19.4 Å². The third kappa shape index (κ3) is 6.47. The number of benzene rings is 1. The smallest absolute Gasteiger partial charge is 0.340 e. The molecule has 1 aromatic carbocycles. The molecule has 1 N–H and O–H groups in total. The minimum atomic E-state index is 0.0720. The predicted molar refractivity (Wildman–Crippen MR) is 152 cm³/mol. The Morgan fingerprint density at radius 3 is 2.53 bits per heavy atom. The molecule has 4 rings (SSSR count). The van der Waals surface area contributed by atoms with Crippen molar-refractivity contribution < 1.29 is 0 Å². The van der Waals surface area contributed by atoms with Crippen molar-refractivity contribution >= 4 is 28.1 Å². The second kappa shape index (κ2) is 13.2. The monoisotopic (exact) mass is 509 g/mol. The Balaban J connectivity index is 1.15. The number of para-hydroxylation sites is 1. The van der Waals surface area contributed by atoms with Gasteiger partial charge in [0.1, 0.15) is 0 Å². The molecule has 0 unspecified atom stereocenters. The molecule has 0 fully saturated rings. The number of nitrogens with one attached hydrogen (secondary N) is 1. The average Bonchev–Trinajstić information content (AvgIpc) is 3.21. The first-order valence-corrected chi connectivity index (χ1v) is 14.8. The molecule has 0 radical (unpaired) electrons. The van der Waals surface area contributed by atoms with Gasteiger partial charge in [-0.15, -0.1) is 0 Å². The summed E-state index contributed by atoms with van der Waals surface area (Å²) in [5, 5.41) is 5.07. The van der Waals surface area contributed by atoms with Crippen LogP contribution in [-0.4, -0.2) is 26.6 Å². The fourth-order valence-electron chi connectivity index (χ4n) is 5.17. The number of aromatic nitrogens is 3. The van der Waals surface area contributed by atoms with E-state index in [0.717, 1.165) is 42.7 Å². The topological polar surface area (TPSA) is 64.2 Å². The van der Waals surface area contributed by atoms with Crippen LogP contribution in [0.2, 0.25) is 0 Å². The molecule has 0 saturated heterocycles. The van der Waals surface area contributed by atoms with Gasteiger partial charge in [-0.1, -0.05) is 50.3 Å². The van der Waals surface area contributed by atoms with E-state index < -0.39 is 0 Å². The lowest BCUT2D eigenvalue weighted by Gasteiger charge is -2.21. The second-order valence-corrected chi connectivity index (χ2v) is 11.2. The molecule has 0 saturated carbocycles. The Bertz CT molecular complexity index is 1250. The molecule has 2 heterocycles. The second-order valence-electron chi connectivity index (χ2n) is 10.2. The molecule has 1 aliphatic rings. The highest BCUT2D eigenvalue weighted by molar-refractivity contribution is 7.03. The molecular weight excluding hydrogens is 466 g/mol. The summed E-state index contributed by atoms with van der Waals surface area (Å²) in [6, 6.07) is 8.77. The van der Waals surface area contributed by atoms with Gasteiger partial charge in [-0.25, -0.2) is 8.75 Å². The molecule has 196 valence electrons. The zero-order valence-electron chi connectivity index (χ0n) is 22.4. The molecule has 0 amide bonds. The van der Waals surface area contributed by atoms with E-state index in [0.29, 0.717) is 6.54 Å². The lowest BCUT2D eigenvalue weighted by Crippen LogP contribution is -2.29. The molecule has 0 atom stereocenters. The van der Waals surface area contributed by atoms with Crippen molar-refractivity contribution in [2.45, 2.75) is 104 Å². The summed E-state index contributed by atoms with van der Waals surface area (Å²) in [5.41, 5.74) is 5.32. The third-order valence-electron chi connectivity index (χ3n) is 7.17. The van der Waals surface area contributed by atoms with Crippen LogP contribution >= 0.6 is 11.5 Å². The fourth-order valence-corrected chi connectivity index (χ4v) is 6.19. The van der Waals surface area contributed by atoms with Crippen molar-refractivity contribution in [3.05, 3.63) is 50.8 Å². The number of nitrogens with zero attached hydrogens (tertiary/aromatic N) is 4. The normalized spacial score (nSPS) is 14.1. The molecule has 0 spiro atoms. The molecule has 6 nitrogen and oxygen atoms in total. The van der Waals surface area contributed by atoms with Crippen molar-refractivity contribution in [2.75, 3.05) is 18.4 Å². The average molecular weight is 510 g/mol. The van der Waals surface area contributed by atoms with E-state index in [2.05, 4.69) is 29.6 Å². The van der Waals surface area contributed by atoms with Crippen LogP contribution in [0.5, 0.6) is 0 Å². The molecule has 36 heavy (non-hydrogen) atoms. The van der Waals surface area contributed by atoms with Gasteiger partial charge in [0.15, 0.2) is 0 Å². The maximum absolute atomic E-state index is 12.4. The Hall–Kier alpha value is -2.41. The third-order valence-corrected chi connectivity index (χ3v) is 8.46. The number of hydrogen-bond donors (Lipinski definition) is 1. The van der Waals surface area contributed by atoms with Crippen molar-refractivity contribution in [3.8, 4) is 0 Å². The van der Waals surface area contributed by atoms with E-state index in [1.165, 1.54) is 85.2 Å². The van der Waals surface area contributed by atoms with Crippen LogP contribution < -0.4 is 15.8 Å². The molecule has 7 heteroatoms. The Morgan fingerprint density at radius 1 is 1.03 bits per heavy atom. The van der Waals surface area contributed by atoms with Crippen LogP contribution in [0.4, 0.5) is 5.69 Å². The van der Waals surface area contributed by atoms with E-state index in [9.17, 15) is 4.79 Å². The van der Waals surface area contributed by atoms with Crippen LogP contribution in [0.25, 0.3) is 10.9 Å². The first kappa shape index (κ1) is 26.6. The van der Waals surface area contributed by atoms with Gasteiger partial charge < -0.3 is 5.32 Å².